The maximum atomic E-state index is 12.2. The number of hydrogen-bond donors (Lipinski definition) is 2. The van der Waals surface area contributed by atoms with Crippen LogP contribution in [-0.2, 0) is 12.8 Å². The number of ether oxygens (including phenoxy) is 1. The van der Waals surface area contributed by atoms with Crippen molar-refractivity contribution in [1.29, 1.82) is 0 Å². The highest BCUT2D eigenvalue weighted by atomic mass is 19.4. The Bertz CT molecular complexity index is 717. The van der Waals surface area contributed by atoms with Crippen LogP contribution in [0, 0.1) is 0 Å². The van der Waals surface area contributed by atoms with E-state index in [1.54, 1.807) is 13.2 Å². The highest BCUT2D eigenvalue weighted by molar-refractivity contribution is 5.70. The van der Waals surface area contributed by atoms with Gasteiger partial charge in [-0.2, -0.15) is 13.2 Å². The molecule has 0 aliphatic heterocycles. The van der Waals surface area contributed by atoms with Crippen molar-refractivity contribution in [1.82, 2.24) is 10.3 Å². The van der Waals surface area contributed by atoms with Gasteiger partial charge in [-0.3, -0.25) is 0 Å². The molecule has 2 aromatic rings. The molecule has 0 atom stereocenters. The fourth-order valence-electron chi connectivity index (χ4n) is 2.65. The van der Waals surface area contributed by atoms with Crippen molar-refractivity contribution in [2.45, 2.75) is 25.9 Å². The number of nitrogens with one attached hydrogen (secondary N) is 1. The predicted molar refractivity (Wildman–Crippen MR) is 92.6 cm³/mol. The second-order valence-corrected chi connectivity index (χ2v) is 5.66. The first-order chi connectivity index (χ1) is 11.8. The number of nitrogens with two attached hydrogens (primary N) is 1. The van der Waals surface area contributed by atoms with Gasteiger partial charge in [0.1, 0.15) is 11.6 Å². The fraction of sp³-hybridized carbons (Fsp3) is 0.389. The van der Waals surface area contributed by atoms with Crippen LogP contribution in [0.2, 0.25) is 0 Å². The Balaban J connectivity index is 2.24. The molecule has 7 heteroatoms. The van der Waals surface area contributed by atoms with E-state index in [9.17, 15) is 13.2 Å². The number of rotatable bonds is 7. The van der Waals surface area contributed by atoms with Gasteiger partial charge in [-0.25, -0.2) is 4.98 Å². The standard InChI is InChI=1S/C18H22F3N3O/c1-3-12-9-14(15-5-4-6-17(22)24-15)16(25-2)10-13(12)7-8-23-11-18(19,20)21/h4-6,9-10,23H,3,7-8,11H2,1-2H3,(H2,22,24). The van der Waals surface area contributed by atoms with Gasteiger partial charge in [-0.05, 0) is 54.8 Å². The SMILES string of the molecule is CCc1cc(-c2cccc(N)n2)c(OC)cc1CCNCC(F)(F)F. The van der Waals surface area contributed by atoms with Crippen LogP contribution in [0.25, 0.3) is 11.3 Å². The molecule has 0 bridgehead atoms. The number of halogens is 3. The Morgan fingerprint density at radius 1 is 1.20 bits per heavy atom. The van der Waals surface area contributed by atoms with Gasteiger partial charge in [0, 0.05) is 5.56 Å². The predicted octanol–water partition coefficient (Wildman–Crippen LogP) is 3.60. The summed E-state index contributed by atoms with van der Waals surface area (Å²) >= 11 is 0. The van der Waals surface area contributed by atoms with Crippen molar-refractivity contribution < 1.29 is 17.9 Å². The zero-order valence-electron chi connectivity index (χ0n) is 14.3. The van der Waals surface area contributed by atoms with Crippen molar-refractivity contribution >= 4 is 5.82 Å². The largest absolute Gasteiger partial charge is 0.496 e. The van der Waals surface area contributed by atoms with Crippen LogP contribution in [0.1, 0.15) is 18.1 Å². The maximum absolute atomic E-state index is 12.2. The van der Waals surface area contributed by atoms with Crippen molar-refractivity contribution in [3.8, 4) is 17.0 Å². The van der Waals surface area contributed by atoms with Crippen LogP contribution < -0.4 is 15.8 Å². The van der Waals surface area contributed by atoms with E-state index in [4.69, 9.17) is 10.5 Å². The van der Waals surface area contributed by atoms with E-state index in [2.05, 4.69) is 10.3 Å². The summed E-state index contributed by atoms with van der Waals surface area (Å²) in [5, 5.41) is 2.42. The molecular weight excluding hydrogens is 331 g/mol. The summed E-state index contributed by atoms with van der Waals surface area (Å²) < 4.78 is 42.1. The summed E-state index contributed by atoms with van der Waals surface area (Å²) in [6.45, 7) is 1.26. The topological polar surface area (TPSA) is 60.2 Å². The first kappa shape index (κ1) is 19.1. The molecule has 136 valence electrons. The number of hydrogen-bond acceptors (Lipinski definition) is 4. The molecule has 1 aromatic carbocycles. The monoisotopic (exact) mass is 353 g/mol. The lowest BCUT2D eigenvalue weighted by Gasteiger charge is -2.16. The fourth-order valence-corrected chi connectivity index (χ4v) is 2.65. The average molecular weight is 353 g/mol. The van der Waals surface area contributed by atoms with E-state index >= 15 is 0 Å². The summed E-state index contributed by atoms with van der Waals surface area (Å²) in [6.07, 6.45) is -2.96. The first-order valence-corrected chi connectivity index (χ1v) is 8.04. The molecule has 25 heavy (non-hydrogen) atoms. The molecule has 4 nitrogen and oxygen atoms in total. The zero-order valence-corrected chi connectivity index (χ0v) is 14.3. The maximum Gasteiger partial charge on any atom is 0.401 e. The van der Waals surface area contributed by atoms with Crippen LogP contribution in [0.15, 0.2) is 30.3 Å². The summed E-state index contributed by atoms with van der Waals surface area (Å²) in [5.41, 5.74) is 9.28. The molecule has 0 saturated carbocycles. The third-order valence-electron chi connectivity index (χ3n) is 3.85. The Morgan fingerprint density at radius 3 is 2.56 bits per heavy atom. The van der Waals surface area contributed by atoms with Gasteiger partial charge in [0.25, 0.3) is 0 Å². The minimum absolute atomic E-state index is 0.242. The molecule has 0 radical (unpaired) electrons. The number of nitrogen functional groups attached to an aromatic ring is 1. The van der Waals surface area contributed by atoms with E-state index in [0.29, 0.717) is 23.7 Å². The summed E-state index contributed by atoms with van der Waals surface area (Å²) in [6, 6.07) is 9.21. The number of benzene rings is 1. The molecule has 1 aromatic heterocycles. The van der Waals surface area contributed by atoms with Gasteiger partial charge in [0.2, 0.25) is 0 Å². The van der Waals surface area contributed by atoms with Gasteiger partial charge in [0.15, 0.2) is 0 Å². The number of pyridine rings is 1. The number of nitrogens with zero attached hydrogens (tertiary/aromatic N) is 1. The van der Waals surface area contributed by atoms with E-state index in [1.165, 1.54) is 0 Å². The third kappa shape index (κ3) is 5.35. The zero-order chi connectivity index (χ0) is 18.4. The number of anilines is 1. The molecule has 0 spiro atoms. The number of aryl methyl sites for hydroxylation is 1. The van der Waals surface area contributed by atoms with E-state index < -0.39 is 12.7 Å². The number of methoxy groups -OCH3 is 1. The lowest BCUT2D eigenvalue weighted by molar-refractivity contribution is -0.124. The molecule has 0 saturated heterocycles. The highest BCUT2D eigenvalue weighted by Gasteiger charge is 2.26. The van der Waals surface area contributed by atoms with Gasteiger partial charge < -0.3 is 15.8 Å². The van der Waals surface area contributed by atoms with Gasteiger partial charge in [0.05, 0.1) is 19.3 Å². The normalized spacial score (nSPS) is 11.6. The molecular formula is C18H22F3N3O. The smallest absolute Gasteiger partial charge is 0.401 e. The van der Waals surface area contributed by atoms with Crippen LogP contribution in [-0.4, -0.2) is 31.4 Å². The van der Waals surface area contributed by atoms with Gasteiger partial charge >= 0.3 is 6.18 Å². The average Bonchev–Trinajstić information content (AvgIpc) is 2.57. The van der Waals surface area contributed by atoms with Crippen molar-refractivity contribution in [2.75, 3.05) is 25.9 Å². The molecule has 1 heterocycles. The lowest BCUT2D eigenvalue weighted by Crippen LogP contribution is -2.30. The summed E-state index contributed by atoms with van der Waals surface area (Å²) in [5.74, 6) is 1.04. The van der Waals surface area contributed by atoms with Gasteiger partial charge in [-0.15, -0.1) is 0 Å². The minimum Gasteiger partial charge on any atom is -0.496 e. The molecule has 0 aliphatic rings. The van der Waals surface area contributed by atoms with Crippen molar-refractivity contribution in [2.24, 2.45) is 0 Å². The molecule has 2 rings (SSSR count). The van der Waals surface area contributed by atoms with Crippen LogP contribution in [0.5, 0.6) is 5.75 Å². The van der Waals surface area contributed by atoms with Gasteiger partial charge in [-0.1, -0.05) is 13.0 Å². The van der Waals surface area contributed by atoms with Crippen molar-refractivity contribution in [3.63, 3.8) is 0 Å². The second kappa shape index (κ2) is 8.20. The summed E-state index contributed by atoms with van der Waals surface area (Å²) in [4.78, 5) is 4.32. The first-order valence-electron chi connectivity index (χ1n) is 8.04. The van der Waals surface area contributed by atoms with E-state index in [0.717, 1.165) is 23.1 Å². The lowest BCUT2D eigenvalue weighted by atomic mass is 9.97. The third-order valence-corrected chi connectivity index (χ3v) is 3.85. The number of alkyl halides is 3. The number of aromatic nitrogens is 1. The quantitative estimate of drug-likeness (QED) is 0.747. The van der Waals surface area contributed by atoms with Crippen LogP contribution in [0.3, 0.4) is 0 Å². The van der Waals surface area contributed by atoms with Crippen LogP contribution in [0.4, 0.5) is 19.0 Å². The Labute approximate surface area is 145 Å². The van der Waals surface area contributed by atoms with Crippen LogP contribution >= 0.6 is 0 Å². The summed E-state index contributed by atoms with van der Waals surface area (Å²) in [7, 11) is 1.56. The molecule has 3 N–H and O–H groups in total. The molecule has 0 unspecified atom stereocenters. The minimum atomic E-state index is -4.20. The molecule has 0 aliphatic carbocycles. The second-order valence-electron chi connectivity index (χ2n) is 5.66. The Morgan fingerprint density at radius 2 is 1.96 bits per heavy atom. The van der Waals surface area contributed by atoms with E-state index in [-0.39, 0.29) is 6.54 Å². The van der Waals surface area contributed by atoms with E-state index in [1.807, 2.05) is 31.2 Å². The molecule has 0 amide bonds. The highest BCUT2D eigenvalue weighted by Crippen LogP contribution is 2.32. The molecule has 0 fully saturated rings. The Hall–Kier alpha value is -2.28. The van der Waals surface area contributed by atoms with Crippen molar-refractivity contribution in [3.05, 3.63) is 41.5 Å². The Kier molecular flexibility index (Phi) is 6.25.